The van der Waals surface area contributed by atoms with Crippen molar-refractivity contribution in [3.8, 4) is 0 Å². The van der Waals surface area contributed by atoms with Crippen molar-refractivity contribution >= 4 is 39.0 Å². The Morgan fingerprint density at radius 1 is 1.33 bits per heavy atom. The second-order valence-electron chi connectivity index (χ2n) is 3.74. The van der Waals surface area contributed by atoms with E-state index >= 15 is 0 Å². The lowest BCUT2D eigenvalue weighted by molar-refractivity contribution is -0.136. The van der Waals surface area contributed by atoms with Gasteiger partial charge in [0, 0.05) is 0 Å². The summed E-state index contributed by atoms with van der Waals surface area (Å²) in [5, 5.41) is 7.83. The van der Waals surface area contributed by atoms with Crippen molar-refractivity contribution in [3.63, 3.8) is 0 Å². The minimum atomic E-state index is -3.94. The molecule has 0 aliphatic carbocycles. The van der Waals surface area contributed by atoms with Crippen LogP contribution in [0.3, 0.4) is 0 Å². The van der Waals surface area contributed by atoms with Gasteiger partial charge in [-0.15, -0.1) is 0 Å². The number of hydrogen-bond acceptors (Lipinski definition) is 3. The summed E-state index contributed by atoms with van der Waals surface area (Å²) >= 11 is 11.4. The predicted octanol–water partition coefficient (Wildman–Crippen LogP) is 3.02. The van der Waals surface area contributed by atoms with E-state index in [1.807, 2.05) is 0 Å². The van der Waals surface area contributed by atoms with Crippen molar-refractivity contribution in [1.29, 1.82) is 0 Å². The minimum absolute atomic E-state index is 0.0535. The maximum atomic E-state index is 12.1. The van der Waals surface area contributed by atoms with Crippen molar-refractivity contribution in [2.45, 2.75) is 29.9 Å². The molecule has 0 saturated heterocycles. The second-order valence-corrected chi connectivity index (χ2v) is 6.68. The number of carboxylic acid groups (broad SMARTS) is 1. The van der Waals surface area contributed by atoms with Gasteiger partial charge in [0.15, 0.2) is 15.1 Å². The molecule has 0 saturated carbocycles. The molecule has 0 amide bonds. The van der Waals surface area contributed by atoms with Gasteiger partial charge < -0.3 is 5.11 Å². The van der Waals surface area contributed by atoms with Crippen molar-refractivity contribution in [3.05, 3.63) is 28.2 Å². The van der Waals surface area contributed by atoms with Crippen LogP contribution in [-0.4, -0.2) is 24.7 Å². The maximum Gasteiger partial charge on any atom is 0.322 e. The summed E-state index contributed by atoms with van der Waals surface area (Å²) in [5.41, 5.74) is 0. The van der Waals surface area contributed by atoms with Crippen LogP contribution in [0.2, 0.25) is 10.0 Å². The van der Waals surface area contributed by atoms with E-state index in [0.717, 1.165) is 0 Å². The zero-order valence-electron chi connectivity index (χ0n) is 9.56. The molecule has 0 fully saturated rings. The number of rotatable bonds is 5. The molecule has 18 heavy (non-hydrogen) atoms. The average molecular weight is 311 g/mol. The van der Waals surface area contributed by atoms with Crippen molar-refractivity contribution in [2.24, 2.45) is 0 Å². The molecule has 1 aromatic carbocycles. The Bertz CT molecular complexity index is 554. The highest BCUT2D eigenvalue weighted by atomic mass is 35.5. The summed E-state index contributed by atoms with van der Waals surface area (Å²) in [6, 6.07) is 3.77. The predicted molar refractivity (Wildman–Crippen MR) is 70.0 cm³/mol. The van der Waals surface area contributed by atoms with E-state index in [2.05, 4.69) is 0 Å². The van der Waals surface area contributed by atoms with Gasteiger partial charge in [0.25, 0.3) is 0 Å². The molecule has 100 valence electrons. The van der Waals surface area contributed by atoms with E-state index in [0.29, 0.717) is 6.42 Å². The highest BCUT2D eigenvalue weighted by molar-refractivity contribution is 7.92. The third-order valence-corrected chi connectivity index (χ3v) is 5.26. The van der Waals surface area contributed by atoms with Crippen LogP contribution in [0.1, 0.15) is 19.8 Å². The van der Waals surface area contributed by atoms with Crippen LogP contribution in [0.25, 0.3) is 0 Å². The Morgan fingerprint density at radius 3 is 2.39 bits per heavy atom. The average Bonchev–Trinajstić information content (AvgIpc) is 2.28. The third kappa shape index (κ3) is 3.16. The Balaban J connectivity index is 3.26. The fourth-order valence-corrected chi connectivity index (χ4v) is 3.53. The van der Waals surface area contributed by atoms with Crippen LogP contribution < -0.4 is 0 Å². The summed E-state index contributed by atoms with van der Waals surface area (Å²) < 4.78 is 24.3. The number of halogens is 2. The zero-order valence-corrected chi connectivity index (χ0v) is 11.9. The monoisotopic (exact) mass is 310 g/mol. The molecule has 7 heteroatoms. The van der Waals surface area contributed by atoms with E-state index in [1.165, 1.54) is 18.2 Å². The van der Waals surface area contributed by atoms with Gasteiger partial charge in [-0.3, -0.25) is 4.79 Å². The molecule has 0 spiro atoms. The summed E-state index contributed by atoms with van der Waals surface area (Å²) in [6.45, 7) is 1.72. The molecular formula is C11H12Cl2O4S. The van der Waals surface area contributed by atoms with Crippen LogP contribution >= 0.6 is 23.2 Å². The molecule has 1 atom stereocenters. The number of aliphatic carboxylic acids is 1. The lowest BCUT2D eigenvalue weighted by Gasteiger charge is -2.13. The van der Waals surface area contributed by atoms with Crippen LogP contribution in [0.15, 0.2) is 23.1 Å². The fraction of sp³-hybridized carbons (Fsp3) is 0.364. The first kappa shape index (κ1) is 15.3. The molecule has 0 aliphatic rings. The Kier molecular flexibility index (Phi) is 5.01. The SMILES string of the molecule is CCCC(C(=O)O)S(=O)(=O)c1ccc(Cl)c(Cl)c1. The van der Waals surface area contributed by atoms with E-state index < -0.39 is 21.1 Å². The number of carboxylic acids is 1. The van der Waals surface area contributed by atoms with Gasteiger partial charge in [0.05, 0.1) is 14.9 Å². The van der Waals surface area contributed by atoms with Gasteiger partial charge in [0.1, 0.15) is 0 Å². The highest BCUT2D eigenvalue weighted by Crippen LogP contribution is 2.27. The Labute approximate surface area is 115 Å². The molecule has 1 N–H and O–H groups in total. The lowest BCUT2D eigenvalue weighted by atomic mass is 10.2. The van der Waals surface area contributed by atoms with Gasteiger partial charge in [-0.05, 0) is 24.6 Å². The molecule has 0 aromatic heterocycles. The molecule has 0 aliphatic heterocycles. The zero-order chi connectivity index (χ0) is 13.9. The molecule has 1 rings (SSSR count). The van der Waals surface area contributed by atoms with E-state index in [-0.39, 0.29) is 21.4 Å². The van der Waals surface area contributed by atoms with Gasteiger partial charge in [-0.1, -0.05) is 36.5 Å². The molecule has 0 bridgehead atoms. The Morgan fingerprint density at radius 2 is 1.94 bits per heavy atom. The van der Waals surface area contributed by atoms with Crippen molar-refractivity contribution < 1.29 is 18.3 Å². The quantitative estimate of drug-likeness (QED) is 0.907. The standard InChI is InChI=1S/C11H12Cl2O4S/c1-2-3-10(11(14)15)18(16,17)7-4-5-8(12)9(13)6-7/h4-6,10H,2-3H2,1H3,(H,14,15). The molecule has 4 nitrogen and oxygen atoms in total. The van der Waals surface area contributed by atoms with Crippen LogP contribution in [-0.2, 0) is 14.6 Å². The molecular weight excluding hydrogens is 299 g/mol. The second kappa shape index (κ2) is 5.91. The van der Waals surface area contributed by atoms with Gasteiger partial charge in [0.2, 0.25) is 0 Å². The molecule has 1 aromatic rings. The highest BCUT2D eigenvalue weighted by Gasteiger charge is 2.33. The summed E-state index contributed by atoms with van der Waals surface area (Å²) in [4.78, 5) is 10.9. The lowest BCUT2D eigenvalue weighted by Crippen LogP contribution is -2.30. The van der Waals surface area contributed by atoms with Crippen LogP contribution in [0, 0.1) is 0 Å². The third-order valence-electron chi connectivity index (χ3n) is 2.42. The van der Waals surface area contributed by atoms with E-state index in [1.54, 1.807) is 6.92 Å². The van der Waals surface area contributed by atoms with Gasteiger partial charge >= 0.3 is 5.97 Å². The van der Waals surface area contributed by atoms with Gasteiger partial charge in [-0.2, -0.15) is 0 Å². The Hall–Kier alpha value is -0.780. The largest absolute Gasteiger partial charge is 0.480 e. The molecule has 0 heterocycles. The van der Waals surface area contributed by atoms with Crippen molar-refractivity contribution in [1.82, 2.24) is 0 Å². The first-order valence-electron chi connectivity index (χ1n) is 5.22. The fourth-order valence-electron chi connectivity index (χ4n) is 1.49. The van der Waals surface area contributed by atoms with Crippen LogP contribution in [0.4, 0.5) is 0 Å². The van der Waals surface area contributed by atoms with Crippen molar-refractivity contribution in [2.75, 3.05) is 0 Å². The summed E-state index contributed by atoms with van der Waals surface area (Å²) in [5.74, 6) is -1.36. The van der Waals surface area contributed by atoms with E-state index in [4.69, 9.17) is 28.3 Å². The number of benzene rings is 1. The van der Waals surface area contributed by atoms with E-state index in [9.17, 15) is 13.2 Å². The normalized spacial score (nSPS) is 13.3. The molecule has 1 unspecified atom stereocenters. The number of carbonyl (C=O) groups is 1. The number of sulfone groups is 1. The van der Waals surface area contributed by atoms with Crippen LogP contribution in [0.5, 0.6) is 0 Å². The maximum absolute atomic E-state index is 12.1. The first-order valence-corrected chi connectivity index (χ1v) is 7.52. The first-order chi connectivity index (χ1) is 8.30. The summed E-state index contributed by atoms with van der Waals surface area (Å²) in [7, 11) is -3.94. The summed E-state index contributed by atoms with van der Waals surface area (Å²) in [6.07, 6.45) is 0.509. The topological polar surface area (TPSA) is 71.4 Å². The van der Waals surface area contributed by atoms with Gasteiger partial charge in [-0.25, -0.2) is 8.42 Å². The molecule has 0 radical (unpaired) electrons. The minimum Gasteiger partial charge on any atom is -0.480 e. The smallest absolute Gasteiger partial charge is 0.322 e. The number of hydrogen-bond donors (Lipinski definition) is 1.